The SMILES string of the molecule is O=C1c2c(O)c(CN3CCCCC3)c(O)c(CN3CCCCC3)c2OC(c2ccc(O)c(O)c2)C1O. The minimum Gasteiger partial charge on any atom is -0.507 e. The second-order valence-electron chi connectivity index (χ2n) is 10.1. The summed E-state index contributed by atoms with van der Waals surface area (Å²) in [5.41, 5.74) is 0.883. The van der Waals surface area contributed by atoms with Crippen molar-refractivity contribution < 1.29 is 35.1 Å². The fraction of sp³-hybridized carbons (Fsp3) is 0.519. The van der Waals surface area contributed by atoms with E-state index in [0.717, 1.165) is 64.7 Å². The molecule has 36 heavy (non-hydrogen) atoms. The molecule has 5 N–H and O–H groups in total. The lowest BCUT2D eigenvalue weighted by Crippen LogP contribution is -2.38. The van der Waals surface area contributed by atoms with Crippen LogP contribution in [0.2, 0.25) is 0 Å². The van der Waals surface area contributed by atoms with Gasteiger partial charge < -0.3 is 30.3 Å². The van der Waals surface area contributed by atoms with Crippen LogP contribution in [0.5, 0.6) is 28.7 Å². The van der Waals surface area contributed by atoms with Crippen LogP contribution in [0.3, 0.4) is 0 Å². The Bertz CT molecular complexity index is 1140. The molecule has 9 nitrogen and oxygen atoms in total. The third kappa shape index (κ3) is 4.58. The van der Waals surface area contributed by atoms with Gasteiger partial charge in [-0.15, -0.1) is 0 Å². The molecule has 0 radical (unpaired) electrons. The van der Waals surface area contributed by atoms with Crippen molar-refractivity contribution in [3.05, 3.63) is 40.5 Å². The molecule has 0 saturated carbocycles. The number of fused-ring (bicyclic) bond motifs is 1. The van der Waals surface area contributed by atoms with Gasteiger partial charge in [-0.3, -0.25) is 14.6 Å². The molecule has 0 aromatic heterocycles. The number of carbonyl (C=O) groups excluding carboxylic acids is 1. The molecule has 2 saturated heterocycles. The number of ketones is 1. The number of rotatable bonds is 5. The number of benzene rings is 2. The minimum absolute atomic E-state index is 0.0610. The molecule has 0 spiro atoms. The molecular weight excluding hydrogens is 464 g/mol. The van der Waals surface area contributed by atoms with Gasteiger partial charge in [0.05, 0.1) is 11.1 Å². The Kier molecular flexibility index (Phi) is 6.96. The number of hydrogen-bond donors (Lipinski definition) is 5. The number of hydrogen-bond acceptors (Lipinski definition) is 9. The van der Waals surface area contributed by atoms with Crippen LogP contribution in [-0.2, 0) is 13.1 Å². The summed E-state index contributed by atoms with van der Waals surface area (Å²) in [6, 6.07) is 3.94. The van der Waals surface area contributed by atoms with E-state index in [0.29, 0.717) is 18.7 Å². The molecule has 2 fully saturated rings. The van der Waals surface area contributed by atoms with E-state index in [1.807, 2.05) is 0 Å². The summed E-state index contributed by atoms with van der Waals surface area (Å²) in [7, 11) is 0. The highest BCUT2D eigenvalue weighted by Gasteiger charge is 2.42. The Labute approximate surface area is 210 Å². The highest BCUT2D eigenvalue weighted by molar-refractivity contribution is 6.06. The summed E-state index contributed by atoms with van der Waals surface area (Å²) < 4.78 is 6.15. The van der Waals surface area contributed by atoms with Gasteiger partial charge in [-0.1, -0.05) is 18.9 Å². The third-order valence-electron chi connectivity index (χ3n) is 7.63. The average molecular weight is 499 g/mol. The van der Waals surface area contributed by atoms with Crippen molar-refractivity contribution in [3.63, 3.8) is 0 Å². The number of ether oxygens (including phenoxy) is 1. The van der Waals surface area contributed by atoms with Crippen molar-refractivity contribution >= 4 is 5.78 Å². The number of nitrogens with zero attached hydrogens (tertiary/aromatic N) is 2. The normalized spacial score (nSPS) is 23.3. The zero-order chi connectivity index (χ0) is 25.4. The number of aromatic hydroxyl groups is 4. The summed E-state index contributed by atoms with van der Waals surface area (Å²) in [5.74, 6) is -1.82. The molecule has 5 rings (SSSR count). The number of aliphatic hydroxyl groups excluding tert-OH is 1. The lowest BCUT2D eigenvalue weighted by molar-refractivity contribution is 0.0199. The summed E-state index contributed by atoms with van der Waals surface area (Å²) >= 11 is 0. The third-order valence-corrected chi connectivity index (χ3v) is 7.63. The van der Waals surface area contributed by atoms with Crippen LogP contribution in [0.25, 0.3) is 0 Å². The number of phenols is 4. The molecule has 0 aliphatic carbocycles. The molecular formula is C27H34N2O7. The quantitative estimate of drug-likeness (QED) is 0.394. The molecule has 2 aromatic rings. The predicted molar refractivity (Wildman–Crippen MR) is 132 cm³/mol. The van der Waals surface area contributed by atoms with Gasteiger partial charge in [-0.05, 0) is 69.6 Å². The second kappa shape index (κ2) is 10.2. The Balaban J connectivity index is 1.59. The van der Waals surface area contributed by atoms with Crippen LogP contribution >= 0.6 is 0 Å². The van der Waals surface area contributed by atoms with Crippen molar-refractivity contribution in [2.24, 2.45) is 0 Å². The predicted octanol–water partition coefficient (Wildman–Crippen LogP) is 3.16. The first kappa shape index (κ1) is 24.7. The largest absolute Gasteiger partial charge is 0.507 e. The summed E-state index contributed by atoms with van der Waals surface area (Å²) in [6.45, 7) is 4.04. The lowest BCUT2D eigenvalue weighted by atomic mass is 9.88. The van der Waals surface area contributed by atoms with Gasteiger partial charge in [-0.25, -0.2) is 0 Å². The van der Waals surface area contributed by atoms with E-state index in [2.05, 4.69) is 9.80 Å². The standard InChI is InChI=1S/C27H34N2O7/c30-19-8-7-16(13-20(19)31)26-25(35)24(34)21-23(33)17(14-28-9-3-1-4-10-28)22(32)18(27(21)36-26)15-29-11-5-2-6-12-29/h7-8,13,25-26,30-33,35H,1-6,9-12,14-15H2. The molecule has 2 unspecified atom stereocenters. The van der Waals surface area contributed by atoms with E-state index in [1.54, 1.807) is 0 Å². The van der Waals surface area contributed by atoms with Crippen LogP contribution < -0.4 is 4.74 Å². The lowest BCUT2D eigenvalue weighted by Gasteiger charge is -2.35. The molecule has 3 aliphatic heterocycles. The van der Waals surface area contributed by atoms with Crippen LogP contribution in [0.4, 0.5) is 0 Å². The topological polar surface area (TPSA) is 134 Å². The van der Waals surface area contributed by atoms with Crippen LogP contribution in [0.15, 0.2) is 18.2 Å². The van der Waals surface area contributed by atoms with Crippen molar-refractivity contribution in [1.82, 2.24) is 9.80 Å². The van der Waals surface area contributed by atoms with E-state index in [9.17, 15) is 30.3 Å². The molecule has 0 bridgehead atoms. The highest BCUT2D eigenvalue weighted by atomic mass is 16.5. The average Bonchev–Trinajstić information content (AvgIpc) is 2.89. The maximum Gasteiger partial charge on any atom is 0.202 e. The summed E-state index contributed by atoms with van der Waals surface area (Å²) in [5, 5.41) is 53.2. The van der Waals surface area contributed by atoms with E-state index < -0.39 is 23.7 Å². The highest BCUT2D eigenvalue weighted by Crippen LogP contribution is 2.49. The number of aliphatic hydroxyl groups is 1. The van der Waals surface area contributed by atoms with Gasteiger partial charge >= 0.3 is 0 Å². The van der Waals surface area contributed by atoms with Gasteiger partial charge in [-0.2, -0.15) is 0 Å². The smallest absolute Gasteiger partial charge is 0.202 e. The van der Waals surface area contributed by atoms with Gasteiger partial charge in [0.2, 0.25) is 5.78 Å². The number of likely N-dealkylation sites (tertiary alicyclic amines) is 2. The van der Waals surface area contributed by atoms with Crippen molar-refractivity contribution in [1.29, 1.82) is 0 Å². The van der Waals surface area contributed by atoms with Gasteiger partial charge in [0, 0.05) is 13.1 Å². The second-order valence-corrected chi connectivity index (χ2v) is 10.1. The fourth-order valence-electron chi connectivity index (χ4n) is 5.59. The number of phenolic OH excluding ortho intramolecular Hbond substituents is 4. The van der Waals surface area contributed by atoms with Crippen LogP contribution in [0, 0.1) is 0 Å². The number of piperidine rings is 2. The molecule has 2 aromatic carbocycles. The Morgan fingerprint density at radius 1 is 0.778 bits per heavy atom. The maximum atomic E-state index is 13.5. The van der Waals surface area contributed by atoms with Crippen molar-refractivity contribution in [2.45, 2.75) is 63.8 Å². The summed E-state index contributed by atoms with van der Waals surface area (Å²) in [6.07, 6.45) is 3.62. The van der Waals surface area contributed by atoms with E-state index in [1.165, 1.54) is 18.2 Å². The Morgan fingerprint density at radius 3 is 1.94 bits per heavy atom. The molecule has 0 amide bonds. The van der Waals surface area contributed by atoms with E-state index in [4.69, 9.17) is 4.74 Å². The number of carbonyl (C=O) groups is 1. The maximum absolute atomic E-state index is 13.5. The first-order chi connectivity index (χ1) is 17.3. The molecule has 3 aliphatic rings. The zero-order valence-electron chi connectivity index (χ0n) is 20.3. The Morgan fingerprint density at radius 2 is 1.36 bits per heavy atom. The van der Waals surface area contributed by atoms with Crippen molar-refractivity contribution in [2.75, 3.05) is 26.2 Å². The van der Waals surface area contributed by atoms with Crippen LogP contribution in [-0.4, -0.2) is 73.4 Å². The fourth-order valence-corrected chi connectivity index (χ4v) is 5.59. The Hall–Kier alpha value is -3.01. The first-order valence-electron chi connectivity index (χ1n) is 12.8. The van der Waals surface area contributed by atoms with Crippen LogP contribution in [0.1, 0.15) is 71.7 Å². The number of Topliss-reactive ketones (excluding diaryl/α,β-unsaturated/α-hetero) is 1. The molecule has 3 heterocycles. The molecule has 2 atom stereocenters. The van der Waals surface area contributed by atoms with Gasteiger partial charge in [0.1, 0.15) is 22.8 Å². The zero-order valence-corrected chi connectivity index (χ0v) is 20.3. The van der Waals surface area contributed by atoms with Crippen molar-refractivity contribution in [3.8, 4) is 28.7 Å². The minimum atomic E-state index is -1.64. The monoisotopic (exact) mass is 498 g/mol. The summed E-state index contributed by atoms with van der Waals surface area (Å²) in [4.78, 5) is 17.8. The van der Waals surface area contributed by atoms with Gasteiger partial charge in [0.15, 0.2) is 23.7 Å². The van der Waals surface area contributed by atoms with E-state index in [-0.39, 0.29) is 39.7 Å². The molecule has 194 valence electrons. The molecule has 9 heteroatoms. The van der Waals surface area contributed by atoms with E-state index >= 15 is 0 Å². The first-order valence-corrected chi connectivity index (χ1v) is 12.8. The van der Waals surface area contributed by atoms with Gasteiger partial charge in [0.25, 0.3) is 0 Å².